The van der Waals surface area contributed by atoms with Crippen LogP contribution in [-0.2, 0) is 35.3 Å². The van der Waals surface area contributed by atoms with E-state index in [4.69, 9.17) is 21.1 Å². The van der Waals surface area contributed by atoms with Crippen LogP contribution in [0, 0.1) is 0 Å². The molecule has 0 bridgehead atoms. The second kappa shape index (κ2) is 10.4. The van der Waals surface area contributed by atoms with Gasteiger partial charge in [0.1, 0.15) is 12.3 Å². The van der Waals surface area contributed by atoms with Gasteiger partial charge in [0, 0.05) is 30.2 Å². The van der Waals surface area contributed by atoms with Crippen molar-refractivity contribution < 1.29 is 32.2 Å². The lowest BCUT2D eigenvalue weighted by molar-refractivity contribution is -0.137. The third kappa shape index (κ3) is 6.19. The van der Waals surface area contributed by atoms with E-state index in [1.54, 1.807) is 10.7 Å². The molecule has 0 saturated carbocycles. The number of carbonyl (C=O) groups excluding carboxylic acids is 2. The molecule has 1 saturated heterocycles. The first kappa shape index (κ1) is 26.4. The molecule has 2 aliphatic rings. The van der Waals surface area contributed by atoms with E-state index in [2.05, 4.69) is 10.00 Å². The van der Waals surface area contributed by atoms with Crippen LogP contribution in [0.3, 0.4) is 0 Å². The number of ether oxygens (including phenoxy) is 2. The molecule has 0 spiro atoms. The molecular formula is C24H28ClF3N4O4. The Morgan fingerprint density at radius 1 is 1.17 bits per heavy atom. The van der Waals surface area contributed by atoms with Crippen molar-refractivity contribution in [2.75, 3.05) is 32.8 Å². The molecule has 0 N–H and O–H groups in total. The zero-order chi connectivity index (χ0) is 26.1. The number of aryl methyl sites for hydroxylation is 1. The Hall–Kier alpha value is -2.63. The monoisotopic (exact) mass is 528 g/mol. The number of morpholine rings is 1. The summed E-state index contributed by atoms with van der Waals surface area (Å²) in [5.74, 6) is -0.110. The SMILES string of the molecule is CC1(C)COCCN1CC(=O)c1cc2n(n1)CCCN(C(=O)OCc1cc(Cl)cc(C(F)(F)F)c1)C2. The molecule has 1 aromatic heterocycles. The van der Waals surface area contributed by atoms with E-state index in [-0.39, 0.29) is 41.6 Å². The first-order valence-electron chi connectivity index (χ1n) is 11.6. The third-order valence-corrected chi connectivity index (χ3v) is 6.57. The molecule has 1 amide bonds. The number of alkyl halides is 3. The zero-order valence-electron chi connectivity index (χ0n) is 20.1. The van der Waals surface area contributed by atoms with Gasteiger partial charge in [0.05, 0.1) is 37.6 Å². The number of halogens is 4. The molecule has 2 aliphatic heterocycles. The molecule has 8 nitrogen and oxygen atoms in total. The number of amides is 1. The standard InChI is InChI=1S/C24H28ClF3N4O4/c1-23(2)15-35-7-6-31(23)13-21(33)20-11-19-12-30(4-3-5-32(19)29-20)22(34)36-14-16-8-17(24(26,27)28)10-18(25)9-16/h8-11H,3-7,12-15H2,1-2H3. The van der Waals surface area contributed by atoms with Gasteiger partial charge in [0.25, 0.3) is 0 Å². The number of Topliss-reactive ketones (excluding diaryl/α,β-unsaturated/α-hetero) is 1. The average Bonchev–Trinajstić information content (AvgIpc) is 3.09. The van der Waals surface area contributed by atoms with Gasteiger partial charge in [-0.15, -0.1) is 0 Å². The number of rotatable bonds is 5. The van der Waals surface area contributed by atoms with E-state index < -0.39 is 17.8 Å². The van der Waals surface area contributed by atoms with Crippen molar-refractivity contribution in [2.45, 2.75) is 51.7 Å². The van der Waals surface area contributed by atoms with E-state index >= 15 is 0 Å². The maximum Gasteiger partial charge on any atom is 0.416 e. The lowest BCUT2D eigenvalue weighted by Crippen LogP contribution is -2.54. The number of hydrogen-bond donors (Lipinski definition) is 0. The van der Waals surface area contributed by atoms with E-state index in [0.29, 0.717) is 50.7 Å². The second-order valence-corrected chi connectivity index (χ2v) is 10.1. The predicted molar refractivity (Wildman–Crippen MR) is 125 cm³/mol. The smallest absolute Gasteiger partial charge is 0.416 e. The van der Waals surface area contributed by atoms with Crippen molar-refractivity contribution in [3.63, 3.8) is 0 Å². The summed E-state index contributed by atoms with van der Waals surface area (Å²) in [6.07, 6.45) is -4.64. The normalized spacial score (nSPS) is 18.4. The first-order valence-corrected chi connectivity index (χ1v) is 12.0. The lowest BCUT2D eigenvalue weighted by Gasteiger charge is -2.41. The number of benzene rings is 1. The number of fused-ring (bicyclic) bond motifs is 1. The Morgan fingerprint density at radius 2 is 1.94 bits per heavy atom. The number of aromatic nitrogens is 2. The van der Waals surface area contributed by atoms with Crippen LogP contribution in [-0.4, -0.2) is 69.8 Å². The van der Waals surface area contributed by atoms with E-state index in [1.807, 2.05) is 13.8 Å². The van der Waals surface area contributed by atoms with Gasteiger partial charge in [-0.3, -0.25) is 14.4 Å². The van der Waals surface area contributed by atoms with Crippen molar-refractivity contribution in [1.29, 1.82) is 0 Å². The Balaban J connectivity index is 1.39. The molecule has 4 rings (SSSR count). The summed E-state index contributed by atoms with van der Waals surface area (Å²) in [5, 5.41) is 4.37. The third-order valence-electron chi connectivity index (χ3n) is 6.36. The number of nitrogens with zero attached hydrogens (tertiary/aromatic N) is 4. The van der Waals surface area contributed by atoms with Gasteiger partial charge in [-0.25, -0.2) is 4.79 Å². The Morgan fingerprint density at radius 3 is 2.67 bits per heavy atom. The lowest BCUT2D eigenvalue weighted by atomic mass is 10.0. The molecule has 0 radical (unpaired) electrons. The number of hydrogen-bond acceptors (Lipinski definition) is 6. The molecule has 0 atom stereocenters. The van der Waals surface area contributed by atoms with Gasteiger partial charge in [-0.05, 0) is 50.1 Å². The molecule has 3 heterocycles. The van der Waals surface area contributed by atoms with Gasteiger partial charge >= 0.3 is 12.3 Å². The van der Waals surface area contributed by atoms with E-state index in [9.17, 15) is 22.8 Å². The molecule has 196 valence electrons. The molecule has 0 unspecified atom stereocenters. The molecule has 1 fully saturated rings. The number of ketones is 1. The highest BCUT2D eigenvalue weighted by molar-refractivity contribution is 6.30. The van der Waals surface area contributed by atoms with Crippen LogP contribution in [0.1, 0.15) is 47.6 Å². The second-order valence-electron chi connectivity index (χ2n) is 9.63. The summed E-state index contributed by atoms with van der Waals surface area (Å²) in [7, 11) is 0. The van der Waals surface area contributed by atoms with Gasteiger partial charge in [0.15, 0.2) is 5.78 Å². The summed E-state index contributed by atoms with van der Waals surface area (Å²) in [5.41, 5.74) is 0.00594. The van der Waals surface area contributed by atoms with Gasteiger partial charge in [-0.2, -0.15) is 18.3 Å². The number of carbonyl (C=O) groups is 2. The minimum Gasteiger partial charge on any atom is -0.445 e. The molecule has 0 aliphatic carbocycles. The predicted octanol–water partition coefficient (Wildman–Crippen LogP) is 4.39. The Kier molecular flexibility index (Phi) is 7.63. The first-order chi connectivity index (χ1) is 16.9. The highest BCUT2D eigenvalue weighted by atomic mass is 35.5. The van der Waals surface area contributed by atoms with Crippen molar-refractivity contribution in [3.8, 4) is 0 Å². The molecule has 36 heavy (non-hydrogen) atoms. The minimum atomic E-state index is -4.56. The summed E-state index contributed by atoms with van der Waals surface area (Å²) in [4.78, 5) is 29.2. The van der Waals surface area contributed by atoms with Crippen molar-refractivity contribution in [3.05, 3.63) is 51.8 Å². The van der Waals surface area contributed by atoms with Gasteiger partial charge < -0.3 is 14.4 Å². The molecule has 12 heteroatoms. The fraction of sp³-hybridized carbons (Fsp3) is 0.542. The van der Waals surface area contributed by atoms with Crippen LogP contribution >= 0.6 is 11.6 Å². The van der Waals surface area contributed by atoms with Crippen molar-refractivity contribution >= 4 is 23.5 Å². The van der Waals surface area contributed by atoms with E-state index in [0.717, 1.165) is 12.1 Å². The van der Waals surface area contributed by atoms with Crippen molar-refractivity contribution in [2.24, 2.45) is 0 Å². The quantitative estimate of drug-likeness (QED) is 0.536. The Bertz CT molecular complexity index is 1140. The summed E-state index contributed by atoms with van der Waals surface area (Å²) in [6.45, 7) is 6.78. The zero-order valence-corrected chi connectivity index (χ0v) is 20.9. The minimum absolute atomic E-state index is 0.0905. The maximum atomic E-state index is 13.0. The van der Waals surface area contributed by atoms with Crippen LogP contribution in [0.2, 0.25) is 5.02 Å². The Labute approximate surface area is 211 Å². The largest absolute Gasteiger partial charge is 0.445 e. The summed E-state index contributed by atoms with van der Waals surface area (Å²) < 4.78 is 51.6. The topological polar surface area (TPSA) is 76.9 Å². The van der Waals surface area contributed by atoms with Gasteiger partial charge in [0.2, 0.25) is 0 Å². The summed E-state index contributed by atoms with van der Waals surface area (Å²) >= 11 is 5.81. The van der Waals surface area contributed by atoms with E-state index in [1.165, 1.54) is 11.0 Å². The average molecular weight is 529 g/mol. The molecule has 1 aromatic carbocycles. The van der Waals surface area contributed by atoms with Crippen molar-refractivity contribution in [1.82, 2.24) is 19.6 Å². The fourth-order valence-corrected chi connectivity index (χ4v) is 4.58. The van der Waals surface area contributed by atoms with Crippen LogP contribution in [0.25, 0.3) is 0 Å². The van der Waals surface area contributed by atoms with Crippen LogP contribution in [0.4, 0.5) is 18.0 Å². The van der Waals surface area contributed by atoms with Gasteiger partial charge in [-0.1, -0.05) is 11.6 Å². The molecule has 2 aromatic rings. The highest BCUT2D eigenvalue weighted by Crippen LogP contribution is 2.32. The molecular weight excluding hydrogens is 501 g/mol. The maximum absolute atomic E-state index is 13.0. The van der Waals surface area contributed by atoms with Crippen LogP contribution < -0.4 is 0 Å². The van der Waals surface area contributed by atoms with Crippen LogP contribution in [0.15, 0.2) is 24.3 Å². The fourth-order valence-electron chi connectivity index (χ4n) is 4.33. The summed E-state index contributed by atoms with van der Waals surface area (Å²) in [6, 6.07) is 4.75. The highest BCUT2D eigenvalue weighted by Gasteiger charge is 2.33. The van der Waals surface area contributed by atoms with Crippen LogP contribution in [0.5, 0.6) is 0 Å².